The van der Waals surface area contributed by atoms with Gasteiger partial charge in [-0.15, -0.1) is 0 Å². The number of ether oxygens (including phenoxy) is 1. The maximum absolute atomic E-state index is 5.86. The van der Waals surface area contributed by atoms with Crippen LogP contribution in [0.15, 0.2) is 18.5 Å². The summed E-state index contributed by atoms with van der Waals surface area (Å²) in [6.45, 7) is 4.62. The van der Waals surface area contributed by atoms with E-state index in [-0.39, 0.29) is 0 Å². The standard InChI is InChI=1S/C10H15ClN2O/c1-2-4-12-6-7-14-10-3-5-13-8-9(10)11/h3,5,8,12H,2,4,6-7H2,1H3. The molecule has 0 spiro atoms. The largest absolute Gasteiger partial charge is 0.491 e. The lowest BCUT2D eigenvalue weighted by Gasteiger charge is -2.07. The van der Waals surface area contributed by atoms with Gasteiger partial charge in [0.05, 0.1) is 0 Å². The van der Waals surface area contributed by atoms with Crippen molar-refractivity contribution in [3.63, 3.8) is 0 Å². The van der Waals surface area contributed by atoms with E-state index in [1.54, 1.807) is 18.5 Å². The molecule has 0 unspecified atom stereocenters. The monoisotopic (exact) mass is 214 g/mol. The predicted octanol–water partition coefficient (Wildman–Crippen LogP) is 2.11. The van der Waals surface area contributed by atoms with E-state index in [9.17, 15) is 0 Å². The van der Waals surface area contributed by atoms with E-state index in [4.69, 9.17) is 16.3 Å². The van der Waals surface area contributed by atoms with E-state index in [1.165, 1.54) is 0 Å². The van der Waals surface area contributed by atoms with Gasteiger partial charge in [0.2, 0.25) is 0 Å². The Hall–Kier alpha value is -0.800. The van der Waals surface area contributed by atoms with Gasteiger partial charge in [0.25, 0.3) is 0 Å². The quantitative estimate of drug-likeness (QED) is 0.737. The molecule has 0 fully saturated rings. The molecule has 0 bridgehead atoms. The van der Waals surface area contributed by atoms with Crippen molar-refractivity contribution in [2.75, 3.05) is 19.7 Å². The third-order valence-corrected chi connectivity index (χ3v) is 1.98. The number of nitrogens with zero attached hydrogens (tertiary/aromatic N) is 1. The molecule has 0 aromatic carbocycles. The van der Waals surface area contributed by atoms with Gasteiger partial charge in [0, 0.05) is 25.0 Å². The van der Waals surface area contributed by atoms with Gasteiger partial charge in [-0.2, -0.15) is 0 Å². The van der Waals surface area contributed by atoms with Gasteiger partial charge in [0.15, 0.2) is 0 Å². The van der Waals surface area contributed by atoms with Crippen LogP contribution in [0.1, 0.15) is 13.3 Å². The van der Waals surface area contributed by atoms with E-state index < -0.39 is 0 Å². The fourth-order valence-corrected chi connectivity index (χ4v) is 1.19. The lowest BCUT2D eigenvalue weighted by atomic mass is 10.4. The number of hydrogen-bond acceptors (Lipinski definition) is 3. The molecule has 14 heavy (non-hydrogen) atoms. The molecule has 0 saturated carbocycles. The summed E-state index contributed by atoms with van der Waals surface area (Å²) in [7, 11) is 0. The zero-order valence-electron chi connectivity index (χ0n) is 8.29. The van der Waals surface area contributed by atoms with Crippen LogP contribution in [0.5, 0.6) is 5.75 Å². The minimum Gasteiger partial charge on any atom is -0.491 e. The zero-order valence-corrected chi connectivity index (χ0v) is 9.05. The average molecular weight is 215 g/mol. The second-order valence-electron chi connectivity index (χ2n) is 2.90. The summed E-state index contributed by atoms with van der Waals surface area (Å²) in [5.41, 5.74) is 0. The summed E-state index contributed by atoms with van der Waals surface area (Å²) in [4.78, 5) is 3.88. The molecule has 78 valence electrons. The molecule has 0 saturated heterocycles. The van der Waals surface area contributed by atoms with Crippen molar-refractivity contribution in [1.82, 2.24) is 10.3 Å². The Morgan fingerprint density at radius 1 is 1.50 bits per heavy atom. The third kappa shape index (κ3) is 3.94. The Balaban J connectivity index is 2.21. The number of hydrogen-bond donors (Lipinski definition) is 1. The van der Waals surface area contributed by atoms with Gasteiger partial charge in [-0.3, -0.25) is 4.98 Å². The van der Waals surface area contributed by atoms with E-state index in [0.717, 1.165) is 19.5 Å². The van der Waals surface area contributed by atoms with Crippen LogP contribution in [0.25, 0.3) is 0 Å². The molecule has 1 rings (SSSR count). The molecule has 0 atom stereocenters. The van der Waals surface area contributed by atoms with Crippen molar-refractivity contribution in [3.8, 4) is 5.75 Å². The first kappa shape index (κ1) is 11.3. The molecular formula is C10H15ClN2O. The molecule has 0 amide bonds. The summed E-state index contributed by atoms with van der Waals surface area (Å²) < 4.78 is 5.45. The van der Waals surface area contributed by atoms with Crippen LogP contribution < -0.4 is 10.1 Å². The molecule has 4 heteroatoms. The van der Waals surface area contributed by atoms with Crippen molar-refractivity contribution in [2.24, 2.45) is 0 Å². The summed E-state index contributed by atoms with van der Waals surface area (Å²) in [5.74, 6) is 0.694. The van der Waals surface area contributed by atoms with Crippen molar-refractivity contribution in [3.05, 3.63) is 23.5 Å². The maximum Gasteiger partial charge on any atom is 0.141 e. The fraction of sp³-hybridized carbons (Fsp3) is 0.500. The number of rotatable bonds is 6. The summed E-state index contributed by atoms with van der Waals surface area (Å²) in [6.07, 6.45) is 4.38. The van der Waals surface area contributed by atoms with Crippen LogP contribution in [0.2, 0.25) is 5.02 Å². The fourth-order valence-electron chi connectivity index (χ4n) is 1.01. The molecule has 0 radical (unpaired) electrons. The van der Waals surface area contributed by atoms with Gasteiger partial charge in [0.1, 0.15) is 17.4 Å². The SMILES string of the molecule is CCCNCCOc1ccncc1Cl. The van der Waals surface area contributed by atoms with E-state index in [0.29, 0.717) is 17.4 Å². The van der Waals surface area contributed by atoms with E-state index in [1.807, 2.05) is 0 Å². The topological polar surface area (TPSA) is 34.1 Å². The molecule has 0 aliphatic rings. The Morgan fingerprint density at radius 3 is 3.07 bits per heavy atom. The molecule has 1 aromatic heterocycles. The Kier molecular flexibility index (Phi) is 5.33. The highest BCUT2D eigenvalue weighted by molar-refractivity contribution is 6.31. The van der Waals surface area contributed by atoms with Crippen molar-refractivity contribution < 1.29 is 4.74 Å². The molecule has 3 nitrogen and oxygen atoms in total. The smallest absolute Gasteiger partial charge is 0.141 e. The van der Waals surface area contributed by atoms with Gasteiger partial charge >= 0.3 is 0 Å². The van der Waals surface area contributed by atoms with Gasteiger partial charge < -0.3 is 10.1 Å². The Labute approximate surface area is 89.4 Å². The van der Waals surface area contributed by atoms with E-state index in [2.05, 4.69) is 17.2 Å². The average Bonchev–Trinajstić information content (AvgIpc) is 2.20. The molecule has 1 aromatic rings. The summed E-state index contributed by atoms with van der Waals surface area (Å²) in [5, 5.41) is 3.80. The zero-order chi connectivity index (χ0) is 10.2. The van der Waals surface area contributed by atoms with Gasteiger partial charge in [-0.25, -0.2) is 0 Å². The molecular weight excluding hydrogens is 200 g/mol. The summed E-state index contributed by atoms with van der Waals surface area (Å²) in [6, 6.07) is 1.77. The lowest BCUT2D eigenvalue weighted by molar-refractivity contribution is 0.314. The Morgan fingerprint density at radius 2 is 2.36 bits per heavy atom. The highest BCUT2D eigenvalue weighted by Crippen LogP contribution is 2.21. The van der Waals surface area contributed by atoms with Crippen molar-refractivity contribution in [1.29, 1.82) is 0 Å². The van der Waals surface area contributed by atoms with Crippen LogP contribution in [-0.2, 0) is 0 Å². The van der Waals surface area contributed by atoms with Crippen LogP contribution in [0.4, 0.5) is 0 Å². The van der Waals surface area contributed by atoms with Crippen molar-refractivity contribution >= 4 is 11.6 Å². The van der Waals surface area contributed by atoms with Crippen LogP contribution in [0, 0.1) is 0 Å². The minimum absolute atomic E-state index is 0.558. The second-order valence-corrected chi connectivity index (χ2v) is 3.31. The van der Waals surface area contributed by atoms with Crippen LogP contribution in [-0.4, -0.2) is 24.7 Å². The van der Waals surface area contributed by atoms with Gasteiger partial charge in [-0.05, 0) is 13.0 Å². The second kappa shape index (κ2) is 6.62. The number of pyridine rings is 1. The van der Waals surface area contributed by atoms with Crippen molar-refractivity contribution in [2.45, 2.75) is 13.3 Å². The summed E-state index contributed by atoms with van der Waals surface area (Å²) >= 11 is 5.86. The lowest BCUT2D eigenvalue weighted by Crippen LogP contribution is -2.21. The number of nitrogens with one attached hydrogen (secondary N) is 1. The number of aromatic nitrogens is 1. The predicted molar refractivity (Wildman–Crippen MR) is 57.9 cm³/mol. The minimum atomic E-state index is 0.558. The molecule has 0 aliphatic heterocycles. The highest BCUT2D eigenvalue weighted by Gasteiger charge is 1.98. The van der Waals surface area contributed by atoms with Gasteiger partial charge in [-0.1, -0.05) is 18.5 Å². The Bertz CT molecular complexity index is 268. The maximum atomic E-state index is 5.86. The third-order valence-electron chi connectivity index (χ3n) is 1.70. The van der Waals surface area contributed by atoms with Crippen LogP contribution >= 0.6 is 11.6 Å². The first-order valence-corrected chi connectivity index (χ1v) is 5.15. The van der Waals surface area contributed by atoms with Crippen LogP contribution in [0.3, 0.4) is 0 Å². The highest BCUT2D eigenvalue weighted by atomic mass is 35.5. The molecule has 0 aliphatic carbocycles. The molecule has 1 N–H and O–H groups in total. The first-order valence-electron chi connectivity index (χ1n) is 4.77. The van der Waals surface area contributed by atoms with E-state index >= 15 is 0 Å². The first-order chi connectivity index (χ1) is 6.84. The normalized spacial score (nSPS) is 10.1. The number of halogens is 1. The molecule has 1 heterocycles.